The van der Waals surface area contributed by atoms with Crippen LogP contribution in [0, 0.1) is 11.3 Å². The number of pyridine rings is 1. The molecule has 11 heteroatoms. The average Bonchev–Trinajstić information content (AvgIpc) is 3.73. The Hall–Kier alpha value is -5.11. The van der Waals surface area contributed by atoms with Crippen LogP contribution in [0.4, 0.5) is 5.82 Å². The molecule has 2 aliphatic rings. The highest BCUT2D eigenvalue weighted by molar-refractivity contribution is 5.91. The van der Waals surface area contributed by atoms with Crippen LogP contribution in [0.15, 0.2) is 61.2 Å². The first-order valence-electron chi connectivity index (χ1n) is 13.3. The van der Waals surface area contributed by atoms with Crippen molar-refractivity contribution >= 4 is 17.4 Å². The van der Waals surface area contributed by atoms with Crippen molar-refractivity contribution in [2.75, 3.05) is 5.73 Å². The molecule has 0 aliphatic carbocycles. The molecule has 6 heterocycles. The first-order valence-corrected chi connectivity index (χ1v) is 13.3. The molecule has 5 aromatic rings. The average molecular weight is 531 g/mol. The van der Waals surface area contributed by atoms with Crippen LogP contribution in [0.5, 0.6) is 0 Å². The highest BCUT2D eigenvalue weighted by atomic mass is 16.2. The minimum absolute atomic E-state index is 0.0632. The van der Waals surface area contributed by atoms with E-state index in [9.17, 15) is 10.1 Å². The van der Waals surface area contributed by atoms with Crippen LogP contribution in [-0.4, -0.2) is 57.7 Å². The van der Waals surface area contributed by atoms with Crippen LogP contribution in [0.3, 0.4) is 0 Å². The number of nitrogen functional groups attached to an aromatic ring is 1. The SMILES string of the molecule is N#CCc1c(C2CC3CCC(C2)N3C(=O)c2ncn[nH]2)nc2c(-c3ccc(-c4ccccc4)nc3)cnn2c1N. The van der Waals surface area contributed by atoms with Gasteiger partial charge in [0.05, 0.1) is 30.1 Å². The lowest BCUT2D eigenvalue weighted by molar-refractivity contribution is 0.0557. The summed E-state index contributed by atoms with van der Waals surface area (Å²) in [7, 11) is 0. The van der Waals surface area contributed by atoms with Gasteiger partial charge < -0.3 is 10.6 Å². The highest BCUT2D eigenvalue weighted by Crippen LogP contribution is 2.45. The van der Waals surface area contributed by atoms with Crippen LogP contribution in [0.1, 0.15) is 53.5 Å². The summed E-state index contributed by atoms with van der Waals surface area (Å²) in [5.74, 6) is 0.635. The van der Waals surface area contributed by atoms with Crippen molar-refractivity contribution in [3.05, 3.63) is 78.3 Å². The zero-order chi connectivity index (χ0) is 27.2. The lowest BCUT2D eigenvalue weighted by Gasteiger charge is -2.38. The highest BCUT2D eigenvalue weighted by Gasteiger charge is 2.45. The number of nitrogens with zero attached hydrogens (tertiary/aromatic N) is 8. The second-order valence-electron chi connectivity index (χ2n) is 10.4. The fourth-order valence-electron chi connectivity index (χ4n) is 6.36. The number of amides is 1. The van der Waals surface area contributed by atoms with Crippen molar-refractivity contribution in [2.45, 2.75) is 50.1 Å². The molecule has 1 amide bonds. The second kappa shape index (κ2) is 9.57. The number of nitriles is 1. The summed E-state index contributed by atoms with van der Waals surface area (Å²) in [5.41, 5.74) is 12.4. The van der Waals surface area contributed by atoms with Crippen molar-refractivity contribution < 1.29 is 4.79 Å². The maximum atomic E-state index is 13.1. The summed E-state index contributed by atoms with van der Waals surface area (Å²) < 4.78 is 1.62. The Morgan fingerprint density at radius 2 is 1.85 bits per heavy atom. The van der Waals surface area contributed by atoms with Crippen molar-refractivity contribution in [3.63, 3.8) is 0 Å². The van der Waals surface area contributed by atoms with Gasteiger partial charge in [-0.3, -0.25) is 14.9 Å². The fourth-order valence-corrected chi connectivity index (χ4v) is 6.36. The van der Waals surface area contributed by atoms with Crippen molar-refractivity contribution in [3.8, 4) is 28.5 Å². The molecule has 2 saturated heterocycles. The normalized spacial score (nSPS) is 20.1. The number of nitrogens with two attached hydrogens (primary N) is 1. The molecule has 7 rings (SSSR count). The maximum Gasteiger partial charge on any atom is 0.291 e. The van der Waals surface area contributed by atoms with Crippen molar-refractivity contribution in [1.29, 1.82) is 5.26 Å². The van der Waals surface area contributed by atoms with Gasteiger partial charge in [0.2, 0.25) is 5.82 Å². The first-order chi connectivity index (χ1) is 19.6. The van der Waals surface area contributed by atoms with Crippen molar-refractivity contribution in [1.82, 2.24) is 39.7 Å². The van der Waals surface area contributed by atoms with Crippen LogP contribution in [0.2, 0.25) is 0 Å². The molecule has 11 nitrogen and oxygen atoms in total. The Morgan fingerprint density at radius 1 is 1.05 bits per heavy atom. The Morgan fingerprint density at radius 3 is 2.52 bits per heavy atom. The molecule has 2 unspecified atom stereocenters. The topological polar surface area (TPSA) is 155 Å². The Bertz CT molecular complexity index is 1720. The summed E-state index contributed by atoms with van der Waals surface area (Å²) in [6.07, 6.45) is 8.40. The summed E-state index contributed by atoms with van der Waals surface area (Å²) in [5, 5.41) is 20.7. The van der Waals surface area contributed by atoms with Gasteiger partial charge in [-0.1, -0.05) is 36.4 Å². The number of hydrogen-bond acceptors (Lipinski definition) is 8. The lowest BCUT2D eigenvalue weighted by Crippen LogP contribution is -2.46. The smallest absolute Gasteiger partial charge is 0.291 e. The zero-order valence-electron chi connectivity index (χ0n) is 21.6. The molecule has 0 spiro atoms. The number of benzene rings is 1. The summed E-state index contributed by atoms with van der Waals surface area (Å²) in [6, 6.07) is 16.4. The molecule has 2 atom stereocenters. The van der Waals surface area contributed by atoms with Gasteiger partial charge in [-0.25, -0.2) is 9.97 Å². The standard InChI is InChI=1S/C29H26N10O/c30-11-10-22-25(19-12-20-7-8-21(13-19)38(20)29(40)27-33-16-34-37-27)36-28-23(15-35-39(28)26(22)31)18-6-9-24(32-14-18)17-4-2-1-3-5-17/h1-6,9,14-16,19-21H,7-8,10,12-13,31H2,(H,33,34,37). The van der Waals surface area contributed by atoms with Crippen LogP contribution < -0.4 is 5.73 Å². The third-order valence-electron chi connectivity index (χ3n) is 8.19. The van der Waals surface area contributed by atoms with Gasteiger partial charge in [-0.2, -0.15) is 20.0 Å². The zero-order valence-corrected chi connectivity index (χ0v) is 21.6. The van der Waals surface area contributed by atoms with Crippen LogP contribution >= 0.6 is 0 Å². The number of fused-ring (bicyclic) bond motifs is 3. The number of anilines is 1. The van der Waals surface area contributed by atoms with Gasteiger partial charge in [0.1, 0.15) is 12.1 Å². The molecule has 198 valence electrons. The lowest BCUT2D eigenvalue weighted by atomic mass is 9.85. The predicted octanol–water partition coefficient (Wildman–Crippen LogP) is 3.78. The number of carbonyl (C=O) groups is 1. The number of aromatic nitrogens is 7. The van der Waals surface area contributed by atoms with Crippen molar-refractivity contribution in [2.24, 2.45) is 0 Å². The van der Waals surface area contributed by atoms with Gasteiger partial charge in [-0.15, -0.1) is 0 Å². The number of piperidine rings is 1. The molecule has 2 aliphatic heterocycles. The predicted molar refractivity (Wildman–Crippen MR) is 147 cm³/mol. The number of aromatic amines is 1. The fraction of sp³-hybridized carbons (Fsp3) is 0.276. The van der Waals surface area contributed by atoms with Gasteiger partial charge in [0.25, 0.3) is 5.91 Å². The minimum atomic E-state index is -0.117. The second-order valence-corrected chi connectivity index (χ2v) is 10.4. The van der Waals surface area contributed by atoms with E-state index >= 15 is 0 Å². The van der Waals surface area contributed by atoms with E-state index in [2.05, 4.69) is 31.3 Å². The molecule has 0 saturated carbocycles. The third kappa shape index (κ3) is 3.88. The molecule has 3 N–H and O–H groups in total. The molecule has 4 aromatic heterocycles. The van der Waals surface area contributed by atoms with Gasteiger partial charge in [0.15, 0.2) is 5.65 Å². The van der Waals surface area contributed by atoms with Gasteiger partial charge in [0, 0.05) is 46.5 Å². The van der Waals surface area contributed by atoms with E-state index in [1.165, 1.54) is 6.33 Å². The van der Waals surface area contributed by atoms with E-state index < -0.39 is 0 Å². The molecule has 2 fully saturated rings. The molecule has 0 radical (unpaired) electrons. The van der Waals surface area contributed by atoms with E-state index in [1.807, 2.05) is 53.6 Å². The molecular weight excluding hydrogens is 504 g/mol. The number of nitrogens with one attached hydrogen (secondary N) is 1. The molecular formula is C29H26N10O. The Labute approximate surface area is 229 Å². The van der Waals surface area contributed by atoms with E-state index in [0.717, 1.165) is 53.8 Å². The van der Waals surface area contributed by atoms with E-state index in [0.29, 0.717) is 17.0 Å². The number of rotatable bonds is 5. The minimum Gasteiger partial charge on any atom is -0.383 e. The maximum absolute atomic E-state index is 13.1. The van der Waals surface area contributed by atoms with Crippen LogP contribution in [0.25, 0.3) is 28.0 Å². The van der Waals surface area contributed by atoms with Gasteiger partial charge >= 0.3 is 0 Å². The number of carbonyl (C=O) groups excluding carboxylic acids is 1. The summed E-state index contributed by atoms with van der Waals surface area (Å²) in [4.78, 5) is 29.0. The number of H-pyrrole nitrogens is 1. The Kier molecular flexibility index (Phi) is 5.73. The van der Waals surface area contributed by atoms with Crippen LogP contribution in [-0.2, 0) is 6.42 Å². The van der Waals surface area contributed by atoms with E-state index in [-0.39, 0.29) is 36.2 Å². The molecule has 2 bridgehead atoms. The summed E-state index contributed by atoms with van der Waals surface area (Å²) in [6.45, 7) is 0. The molecule has 40 heavy (non-hydrogen) atoms. The quantitative estimate of drug-likeness (QED) is 0.348. The molecule has 1 aromatic carbocycles. The Balaban J connectivity index is 1.25. The summed E-state index contributed by atoms with van der Waals surface area (Å²) >= 11 is 0. The first kappa shape index (κ1) is 24.0. The van der Waals surface area contributed by atoms with Gasteiger partial charge in [-0.05, 0) is 31.7 Å². The largest absolute Gasteiger partial charge is 0.383 e. The van der Waals surface area contributed by atoms with E-state index in [4.69, 9.17) is 10.7 Å². The third-order valence-corrected chi connectivity index (χ3v) is 8.19. The monoisotopic (exact) mass is 530 g/mol. The van der Waals surface area contributed by atoms with E-state index in [1.54, 1.807) is 10.7 Å². The number of hydrogen-bond donors (Lipinski definition) is 2.